The first-order valence-corrected chi connectivity index (χ1v) is 10.7. The second-order valence-corrected chi connectivity index (χ2v) is 8.28. The van der Waals surface area contributed by atoms with Crippen molar-refractivity contribution in [3.8, 4) is 5.75 Å². The van der Waals surface area contributed by atoms with E-state index >= 15 is 0 Å². The maximum atomic E-state index is 14.1. The van der Waals surface area contributed by atoms with Gasteiger partial charge in [0.1, 0.15) is 0 Å². The summed E-state index contributed by atoms with van der Waals surface area (Å²) in [7, 11) is 1.39. The number of alkyl halides is 3. The van der Waals surface area contributed by atoms with Crippen molar-refractivity contribution < 1.29 is 27.1 Å². The van der Waals surface area contributed by atoms with E-state index < -0.39 is 23.5 Å². The highest BCUT2D eigenvalue weighted by Gasteiger charge is 2.30. The molecule has 7 nitrogen and oxygen atoms in total. The lowest BCUT2D eigenvalue weighted by molar-refractivity contribution is -0.137. The van der Waals surface area contributed by atoms with E-state index in [0.717, 1.165) is 24.3 Å². The van der Waals surface area contributed by atoms with Crippen LogP contribution in [-0.2, 0) is 6.18 Å². The van der Waals surface area contributed by atoms with Crippen LogP contribution in [0.5, 0.6) is 5.75 Å². The Bertz CT molecular complexity index is 1030. The standard InChI is InChI=1S/C23H27F4N5O2/c1-13(2)12-28-22(30-21(33)14-4-7-16(8-5-14)23(25,26)27)29-20-11-18(31-32-20)15-6-9-19(34-3)17(24)10-15/h4-10,13,18,20,31-32H,11-12H2,1-3H3,(H2,28,29,30,33). The first-order valence-electron chi connectivity index (χ1n) is 10.7. The maximum Gasteiger partial charge on any atom is 0.416 e. The summed E-state index contributed by atoms with van der Waals surface area (Å²) >= 11 is 0. The fourth-order valence-corrected chi connectivity index (χ4v) is 3.32. The molecular weight excluding hydrogens is 454 g/mol. The number of amides is 1. The Morgan fingerprint density at radius 2 is 1.88 bits per heavy atom. The number of hydrogen-bond acceptors (Lipinski definition) is 5. The van der Waals surface area contributed by atoms with Crippen molar-refractivity contribution in [1.29, 1.82) is 0 Å². The number of ether oxygens (including phenoxy) is 1. The van der Waals surface area contributed by atoms with Gasteiger partial charge in [-0.25, -0.2) is 15.2 Å². The van der Waals surface area contributed by atoms with Gasteiger partial charge in [0.25, 0.3) is 5.91 Å². The van der Waals surface area contributed by atoms with E-state index in [1.165, 1.54) is 13.2 Å². The summed E-state index contributed by atoms with van der Waals surface area (Å²) in [5.74, 6) is -0.521. The Balaban J connectivity index is 1.67. The van der Waals surface area contributed by atoms with Crippen molar-refractivity contribution in [3.63, 3.8) is 0 Å². The van der Waals surface area contributed by atoms with Crippen molar-refractivity contribution in [2.24, 2.45) is 10.9 Å². The third kappa shape index (κ3) is 6.67. The second kappa shape index (κ2) is 10.8. The Kier molecular flexibility index (Phi) is 8.11. The maximum absolute atomic E-state index is 14.1. The number of guanidine groups is 1. The lowest BCUT2D eigenvalue weighted by atomic mass is 10.0. The molecule has 2 atom stereocenters. The molecule has 0 spiro atoms. The number of hydrazine groups is 1. The molecule has 0 bridgehead atoms. The molecule has 2 aromatic rings. The predicted molar refractivity (Wildman–Crippen MR) is 120 cm³/mol. The van der Waals surface area contributed by atoms with Crippen molar-refractivity contribution >= 4 is 11.9 Å². The van der Waals surface area contributed by atoms with Gasteiger partial charge in [-0.1, -0.05) is 19.9 Å². The number of carbonyl (C=O) groups excluding carboxylic acids is 1. The van der Waals surface area contributed by atoms with Crippen LogP contribution < -0.4 is 26.2 Å². The molecule has 2 unspecified atom stereocenters. The van der Waals surface area contributed by atoms with Crippen molar-refractivity contribution in [3.05, 3.63) is 65.0 Å². The molecule has 3 rings (SSSR count). The van der Waals surface area contributed by atoms with Gasteiger partial charge in [-0.2, -0.15) is 13.2 Å². The topological polar surface area (TPSA) is 86.8 Å². The molecule has 11 heteroatoms. The summed E-state index contributed by atoms with van der Waals surface area (Å²) in [6, 6.07) is 8.42. The van der Waals surface area contributed by atoms with Crippen LogP contribution in [0.3, 0.4) is 0 Å². The first kappa shape index (κ1) is 25.4. The molecule has 0 saturated carbocycles. The second-order valence-electron chi connectivity index (χ2n) is 8.28. The van der Waals surface area contributed by atoms with Gasteiger partial charge in [0.2, 0.25) is 0 Å². The summed E-state index contributed by atoms with van der Waals surface area (Å²) in [6.07, 6.45) is -4.33. The summed E-state index contributed by atoms with van der Waals surface area (Å²) in [5, 5.41) is 5.72. The number of hydrogen-bond donors (Lipinski definition) is 4. The number of aliphatic imine (C=N–C) groups is 1. The average Bonchev–Trinajstić information content (AvgIpc) is 3.25. The minimum atomic E-state index is -4.48. The Morgan fingerprint density at radius 3 is 2.47 bits per heavy atom. The highest BCUT2D eigenvalue weighted by atomic mass is 19.4. The smallest absolute Gasteiger partial charge is 0.416 e. The summed E-state index contributed by atoms with van der Waals surface area (Å²) in [6.45, 7) is 4.34. The lowest BCUT2D eigenvalue weighted by Crippen LogP contribution is -2.50. The Hall–Kier alpha value is -3.18. The van der Waals surface area contributed by atoms with E-state index in [1.54, 1.807) is 12.1 Å². The highest BCUT2D eigenvalue weighted by molar-refractivity contribution is 6.05. The summed E-state index contributed by atoms with van der Waals surface area (Å²) in [5.41, 5.74) is 6.05. The van der Waals surface area contributed by atoms with Crippen LogP contribution >= 0.6 is 0 Å². The van der Waals surface area contributed by atoms with Crippen molar-refractivity contribution in [2.45, 2.75) is 38.7 Å². The minimum absolute atomic E-state index is 0.0659. The normalized spacial score (nSPS) is 18.8. The fraction of sp³-hybridized carbons (Fsp3) is 0.391. The van der Waals surface area contributed by atoms with Crippen LogP contribution in [0, 0.1) is 11.7 Å². The minimum Gasteiger partial charge on any atom is -0.494 e. The van der Waals surface area contributed by atoms with Gasteiger partial charge in [0.05, 0.1) is 18.8 Å². The molecule has 0 aromatic heterocycles. The third-order valence-electron chi connectivity index (χ3n) is 5.11. The first-order chi connectivity index (χ1) is 16.1. The zero-order valence-corrected chi connectivity index (χ0v) is 19.0. The average molecular weight is 481 g/mol. The Morgan fingerprint density at radius 1 is 1.18 bits per heavy atom. The van der Waals surface area contributed by atoms with Crippen LogP contribution in [0.15, 0.2) is 47.5 Å². The molecule has 1 saturated heterocycles. The van der Waals surface area contributed by atoms with Gasteiger partial charge in [-0.15, -0.1) is 0 Å². The van der Waals surface area contributed by atoms with Crippen molar-refractivity contribution in [1.82, 2.24) is 21.5 Å². The predicted octanol–water partition coefficient (Wildman–Crippen LogP) is 3.75. The van der Waals surface area contributed by atoms with E-state index in [2.05, 4.69) is 26.5 Å². The van der Waals surface area contributed by atoms with Gasteiger partial charge < -0.3 is 10.1 Å². The largest absolute Gasteiger partial charge is 0.494 e. The highest BCUT2D eigenvalue weighted by Crippen LogP contribution is 2.29. The summed E-state index contributed by atoms with van der Waals surface area (Å²) in [4.78, 5) is 17.0. The molecule has 1 amide bonds. The molecule has 4 N–H and O–H groups in total. The SMILES string of the molecule is COc1ccc(C2CC(NC(=NCC(C)C)NC(=O)c3ccc(C(F)(F)F)cc3)NN2)cc1F. The zero-order valence-electron chi connectivity index (χ0n) is 19.0. The molecule has 0 radical (unpaired) electrons. The zero-order chi connectivity index (χ0) is 24.9. The molecule has 2 aromatic carbocycles. The van der Waals surface area contributed by atoms with Gasteiger partial charge in [-0.05, 0) is 47.9 Å². The molecule has 1 heterocycles. The monoisotopic (exact) mass is 481 g/mol. The summed E-state index contributed by atoms with van der Waals surface area (Å²) < 4.78 is 57.3. The fourth-order valence-electron chi connectivity index (χ4n) is 3.32. The van der Waals surface area contributed by atoms with Crippen LogP contribution in [-0.4, -0.2) is 31.7 Å². The Labute approximate surface area is 194 Å². The van der Waals surface area contributed by atoms with Crippen LogP contribution in [0.25, 0.3) is 0 Å². The van der Waals surface area contributed by atoms with Crippen LogP contribution in [0.1, 0.15) is 47.8 Å². The van der Waals surface area contributed by atoms with E-state index in [1.807, 2.05) is 13.8 Å². The van der Waals surface area contributed by atoms with Crippen LogP contribution in [0.4, 0.5) is 17.6 Å². The lowest BCUT2D eigenvalue weighted by Gasteiger charge is -2.17. The number of nitrogens with one attached hydrogen (secondary N) is 4. The molecule has 1 aliphatic heterocycles. The number of benzene rings is 2. The van der Waals surface area contributed by atoms with E-state index in [-0.39, 0.29) is 35.4 Å². The van der Waals surface area contributed by atoms with Crippen molar-refractivity contribution in [2.75, 3.05) is 13.7 Å². The molecule has 34 heavy (non-hydrogen) atoms. The number of carbonyl (C=O) groups is 1. The quantitative estimate of drug-likeness (QED) is 0.287. The molecule has 1 fully saturated rings. The van der Waals surface area contributed by atoms with Gasteiger partial charge in [0.15, 0.2) is 17.5 Å². The van der Waals surface area contributed by atoms with E-state index in [4.69, 9.17) is 4.74 Å². The molecular formula is C23H27F4N5O2. The third-order valence-corrected chi connectivity index (χ3v) is 5.11. The van der Waals surface area contributed by atoms with Crippen LogP contribution in [0.2, 0.25) is 0 Å². The number of nitrogens with zero attached hydrogens (tertiary/aromatic N) is 1. The number of halogens is 4. The van der Waals surface area contributed by atoms with E-state index in [0.29, 0.717) is 18.5 Å². The van der Waals surface area contributed by atoms with Gasteiger partial charge >= 0.3 is 6.18 Å². The number of methoxy groups -OCH3 is 1. The van der Waals surface area contributed by atoms with E-state index in [9.17, 15) is 22.4 Å². The van der Waals surface area contributed by atoms with Gasteiger partial charge in [0, 0.05) is 24.6 Å². The molecule has 0 aliphatic carbocycles. The number of rotatable bonds is 6. The molecule has 184 valence electrons. The van der Waals surface area contributed by atoms with Gasteiger partial charge in [-0.3, -0.25) is 15.1 Å². The molecule has 1 aliphatic rings.